The summed E-state index contributed by atoms with van der Waals surface area (Å²) in [6, 6.07) is 0. The van der Waals surface area contributed by atoms with Crippen LogP contribution in [0.4, 0.5) is 0 Å². The minimum Gasteiger partial charge on any atom is -0.466 e. The highest BCUT2D eigenvalue weighted by atomic mass is 35.5. The summed E-state index contributed by atoms with van der Waals surface area (Å²) in [5.41, 5.74) is 1.46. The van der Waals surface area contributed by atoms with Gasteiger partial charge in [-0.05, 0) is 20.3 Å². The second-order valence-electron chi connectivity index (χ2n) is 2.37. The van der Waals surface area contributed by atoms with Crippen molar-refractivity contribution in [2.45, 2.75) is 20.3 Å². The number of aliphatic hydroxyl groups excluding tert-OH is 1. The Morgan fingerprint density at radius 3 is 2.15 bits per heavy atom. The van der Waals surface area contributed by atoms with Gasteiger partial charge in [-0.3, -0.25) is 0 Å². The van der Waals surface area contributed by atoms with Gasteiger partial charge < -0.3 is 16.0 Å². The van der Waals surface area contributed by atoms with Gasteiger partial charge in [0.25, 0.3) is 0 Å². The number of hydrogen-bond acceptors (Lipinski definition) is 4. The van der Waals surface area contributed by atoms with Gasteiger partial charge >= 0.3 is 5.97 Å². The van der Waals surface area contributed by atoms with Crippen LogP contribution in [0.5, 0.6) is 0 Å². The molecule has 0 saturated heterocycles. The fourth-order valence-electron chi connectivity index (χ4n) is 0.683. The van der Waals surface area contributed by atoms with Crippen LogP contribution >= 0.6 is 12.4 Å². The van der Waals surface area contributed by atoms with Crippen molar-refractivity contribution in [3.05, 3.63) is 11.1 Å². The Bertz CT molecular complexity index is 180. The number of hydrogen-bond donors (Lipinski definition) is 2. The lowest BCUT2D eigenvalue weighted by Gasteiger charge is -2.03. The fourth-order valence-corrected chi connectivity index (χ4v) is 0.683. The summed E-state index contributed by atoms with van der Waals surface area (Å²) in [7, 11) is 1.35. The van der Waals surface area contributed by atoms with Gasteiger partial charge in [0.05, 0.1) is 7.11 Å². The molecule has 0 saturated carbocycles. The van der Waals surface area contributed by atoms with Gasteiger partial charge in [-0.1, -0.05) is 5.57 Å². The molecule has 0 fully saturated rings. The molecule has 0 unspecified atom stereocenters. The first-order chi connectivity index (χ1) is 5.13. The van der Waals surface area contributed by atoms with E-state index in [9.17, 15) is 4.79 Å². The van der Waals surface area contributed by atoms with Crippen molar-refractivity contribution in [2.24, 2.45) is 0 Å². The van der Waals surface area contributed by atoms with Crippen LogP contribution in [0.15, 0.2) is 11.1 Å². The minimum absolute atomic E-state index is 0. The standard InChI is InChI=1S/C8H14O3.ClH.H3N/c1-6(4-5-9)7(2)8(10)11-3;;/h9H,4-5H2,1-3H3;1H;1H3. The minimum atomic E-state index is -0.323. The lowest BCUT2D eigenvalue weighted by Crippen LogP contribution is -2.04. The first-order valence-corrected chi connectivity index (χ1v) is 3.49. The molecule has 0 aromatic rings. The van der Waals surface area contributed by atoms with E-state index in [-0.39, 0.29) is 31.1 Å². The summed E-state index contributed by atoms with van der Waals surface area (Å²) in [5, 5.41) is 8.55. The Balaban J connectivity index is -0.000000500. The largest absolute Gasteiger partial charge is 0.466 e. The Hall–Kier alpha value is -0.580. The molecule has 0 atom stereocenters. The van der Waals surface area contributed by atoms with Crippen LogP contribution in [0.1, 0.15) is 20.3 Å². The molecule has 0 rings (SSSR count). The average Bonchev–Trinajstić information content (AvgIpc) is 2.02. The normalized spacial score (nSPS) is 10.5. The van der Waals surface area contributed by atoms with Gasteiger partial charge in [0, 0.05) is 12.2 Å². The van der Waals surface area contributed by atoms with Crippen LogP contribution in [0.25, 0.3) is 0 Å². The third kappa shape index (κ3) is 6.57. The number of rotatable bonds is 3. The Kier molecular flexibility index (Phi) is 13.3. The SMILES string of the molecule is COC(=O)C(C)=C(C)CCO.Cl.N. The number of carbonyl (C=O) groups excluding carboxylic acids is 1. The molecular formula is C8H18ClNO3. The van der Waals surface area contributed by atoms with Gasteiger partial charge in [0.2, 0.25) is 0 Å². The summed E-state index contributed by atoms with van der Waals surface area (Å²) >= 11 is 0. The van der Waals surface area contributed by atoms with Crippen molar-refractivity contribution in [3.8, 4) is 0 Å². The zero-order valence-electron chi connectivity index (χ0n) is 8.29. The Labute approximate surface area is 85.0 Å². The number of methoxy groups -OCH3 is 1. The zero-order chi connectivity index (χ0) is 8.85. The molecule has 5 heteroatoms. The van der Waals surface area contributed by atoms with E-state index < -0.39 is 0 Å². The number of carbonyl (C=O) groups is 1. The second kappa shape index (κ2) is 9.51. The maximum absolute atomic E-state index is 10.9. The molecule has 0 aromatic carbocycles. The van der Waals surface area contributed by atoms with Crippen molar-refractivity contribution in [3.63, 3.8) is 0 Å². The highest BCUT2D eigenvalue weighted by molar-refractivity contribution is 5.88. The van der Waals surface area contributed by atoms with Crippen LogP contribution in [0, 0.1) is 0 Å². The van der Waals surface area contributed by atoms with E-state index in [2.05, 4.69) is 4.74 Å². The molecule has 0 amide bonds. The van der Waals surface area contributed by atoms with E-state index in [0.717, 1.165) is 5.57 Å². The van der Waals surface area contributed by atoms with E-state index in [0.29, 0.717) is 12.0 Å². The first kappa shape index (κ1) is 18.3. The van der Waals surface area contributed by atoms with Gasteiger partial charge in [0.15, 0.2) is 0 Å². The number of ether oxygens (including phenoxy) is 1. The lowest BCUT2D eigenvalue weighted by atomic mass is 10.1. The number of esters is 1. The van der Waals surface area contributed by atoms with E-state index in [1.165, 1.54) is 7.11 Å². The number of halogens is 1. The molecule has 0 heterocycles. The van der Waals surface area contributed by atoms with Gasteiger partial charge in [-0.25, -0.2) is 4.79 Å². The van der Waals surface area contributed by atoms with Crippen molar-refractivity contribution < 1.29 is 14.6 Å². The predicted molar refractivity (Wildman–Crippen MR) is 54.4 cm³/mol. The molecule has 0 bridgehead atoms. The van der Waals surface area contributed by atoms with E-state index in [1.807, 2.05) is 6.92 Å². The molecule has 0 aliphatic rings. The van der Waals surface area contributed by atoms with E-state index in [4.69, 9.17) is 5.11 Å². The molecule has 0 radical (unpaired) electrons. The summed E-state index contributed by atoms with van der Waals surface area (Å²) in [5.74, 6) is -0.323. The average molecular weight is 212 g/mol. The van der Waals surface area contributed by atoms with E-state index in [1.54, 1.807) is 6.92 Å². The summed E-state index contributed by atoms with van der Waals surface area (Å²) < 4.78 is 4.50. The van der Waals surface area contributed by atoms with Gasteiger partial charge in [0.1, 0.15) is 0 Å². The smallest absolute Gasteiger partial charge is 0.333 e. The third-order valence-electron chi connectivity index (χ3n) is 1.62. The van der Waals surface area contributed by atoms with Crippen molar-refractivity contribution in [1.82, 2.24) is 6.15 Å². The molecule has 0 aliphatic carbocycles. The number of aliphatic hydroxyl groups is 1. The fraction of sp³-hybridized carbons (Fsp3) is 0.625. The first-order valence-electron chi connectivity index (χ1n) is 3.49. The predicted octanol–water partition coefficient (Wildman–Crippen LogP) is 1.46. The molecule has 0 spiro atoms. The van der Waals surface area contributed by atoms with Crippen LogP contribution in [0.3, 0.4) is 0 Å². The monoisotopic (exact) mass is 211 g/mol. The van der Waals surface area contributed by atoms with Crippen molar-refractivity contribution in [2.75, 3.05) is 13.7 Å². The second-order valence-corrected chi connectivity index (χ2v) is 2.37. The van der Waals surface area contributed by atoms with Crippen LogP contribution in [0.2, 0.25) is 0 Å². The highest BCUT2D eigenvalue weighted by Gasteiger charge is 2.05. The molecule has 0 aliphatic heterocycles. The third-order valence-corrected chi connectivity index (χ3v) is 1.62. The van der Waals surface area contributed by atoms with E-state index >= 15 is 0 Å². The maximum Gasteiger partial charge on any atom is 0.333 e. The molecule has 0 aromatic heterocycles. The molecule has 4 nitrogen and oxygen atoms in total. The molecular weight excluding hydrogens is 194 g/mol. The zero-order valence-corrected chi connectivity index (χ0v) is 9.11. The molecule has 4 N–H and O–H groups in total. The Morgan fingerprint density at radius 1 is 1.38 bits per heavy atom. The quantitative estimate of drug-likeness (QED) is 0.547. The molecule has 80 valence electrons. The summed E-state index contributed by atoms with van der Waals surface area (Å²) in [4.78, 5) is 10.9. The maximum atomic E-state index is 10.9. The van der Waals surface area contributed by atoms with Crippen LogP contribution < -0.4 is 6.15 Å². The van der Waals surface area contributed by atoms with Gasteiger partial charge in [-0.2, -0.15) is 0 Å². The summed E-state index contributed by atoms with van der Waals surface area (Å²) in [6.45, 7) is 3.57. The highest BCUT2D eigenvalue weighted by Crippen LogP contribution is 2.07. The lowest BCUT2D eigenvalue weighted by molar-refractivity contribution is -0.136. The Morgan fingerprint density at radius 2 is 1.85 bits per heavy atom. The van der Waals surface area contributed by atoms with Crippen LogP contribution in [-0.2, 0) is 9.53 Å². The van der Waals surface area contributed by atoms with Crippen LogP contribution in [-0.4, -0.2) is 24.8 Å². The van der Waals surface area contributed by atoms with Crippen molar-refractivity contribution >= 4 is 18.4 Å². The van der Waals surface area contributed by atoms with Gasteiger partial charge in [-0.15, -0.1) is 12.4 Å². The molecule has 13 heavy (non-hydrogen) atoms. The topological polar surface area (TPSA) is 81.5 Å². The summed E-state index contributed by atoms with van der Waals surface area (Å²) in [6.07, 6.45) is 0.529. The van der Waals surface area contributed by atoms with Crippen molar-refractivity contribution in [1.29, 1.82) is 0 Å².